The van der Waals surface area contributed by atoms with Crippen molar-refractivity contribution < 1.29 is 9.90 Å². The van der Waals surface area contributed by atoms with Crippen molar-refractivity contribution >= 4 is 5.97 Å². The third kappa shape index (κ3) is 2.97. The molecule has 2 aliphatic rings. The summed E-state index contributed by atoms with van der Waals surface area (Å²) in [6.07, 6.45) is 8.32. The minimum absolute atomic E-state index is 0.275. The van der Waals surface area contributed by atoms with Crippen molar-refractivity contribution in [2.45, 2.75) is 64.0 Å². The third-order valence-corrected chi connectivity index (χ3v) is 4.20. The van der Waals surface area contributed by atoms with Crippen LogP contribution in [0.2, 0.25) is 0 Å². The monoisotopic (exact) mass is 225 g/mol. The van der Waals surface area contributed by atoms with Crippen LogP contribution in [0.5, 0.6) is 0 Å². The molecule has 2 rings (SSSR count). The van der Waals surface area contributed by atoms with Crippen LogP contribution in [0.1, 0.15) is 51.9 Å². The van der Waals surface area contributed by atoms with Crippen LogP contribution in [0, 0.1) is 11.8 Å². The Hall–Kier alpha value is -0.570. The van der Waals surface area contributed by atoms with Gasteiger partial charge >= 0.3 is 5.97 Å². The predicted molar refractivity (Wildman–Crippen MR) is 63.3 cm³/mol. The molecule has 0 radical (unpaired) electrons. The summed E-state index contributed by atoms with van der Waals surface area (Å²) >= 11 is 0. The second-order valence-electron chi connectivity index (χ2n) is 5.45. The summed E-state index contributed by atoms with van der Waals surface area (Å²) in [5, 5.41) is 12.5. The summed E-state index contributed by atoms with van der Waals surface area (Å²) in [6, 6.07) is 0.174. The molecule has 2 saturated carbocycles. The van der Waals surface area contributed by atoms with Crippen molar-refractivity contribution in [2.75, 3.05) is 0 Å². The molecule has 0 aromatic heterocycles. The maximum absolute atomic E-state index is 11.1. The fourth-order valence-corrected chi connectivity index (χ4v) is 2.83. The molecule has 2 fully saturated rings. The van der Waals surface area contributed by atoms with Crippen molar-refractivity contribution in [2.24, 2.45) is 11.8 Å². The summed E-state index contributed by atoms with van der Waals surface area (Å²) in [4.78, 5) is 11.1. The van der Waals surface area contributed by atoms with E-state index in [1.54, 1.807) is 0 Å². The molecule has 3 heteroatoms. The zero-order valence-electron chi connectivity index (χ0n) is 10.1. The van der Waals surface area contributed by atoms with E-state index in [1.807, 2.05) is 0 Å². The molecule has 2 aliphatic carbocycles. The van der Waals surface area contributed by atoms with Crippen molar-refractivity contribution in [1.82, 2.24) is 5.32 Å². The van der Waals surface area contributed by atoms with Crippen LogP contribution in [0.15, 0.2) is 0 Å². The SMILES string of the molecule is CCC1CCC(NC(C(=O)O)C2CC2)CC1. The lowest BCUT2D eigenvalue weighted by Crippen LogP contribution is -2.46. The van der Waals surface area contributed by atoms with Crippen LogP contribution in [-0.2, 0) is 4.79 Å². The molecule has 0 aliphatic heterocycles. The summed E-state index contributed by atoms with van der Waals surface area (Å²) in [6.45, 7) is 2.25. The average Bonchev–Trinajstić information content (AvgIpc) is 3.10. The van der Waals surface area contributed by atoms with Crippen molar-refractivity contribution in [3.05, 3.63) is 0 Å². The Morgan fingerprint density at radius 1 is 1.25 bits per heavy atom. The van der Waals surface area contributed by atoms with Crippen LogP contribution in [0.3, 0.4) is 0 Å². The van der Waals surface area contributed by atoms with Gasteiger partial charge in [-0.3, -0.25) is 4.79 Å². The first-order chi connectivity index (χ1) is 7.70. The summed E-state index contributed by atoms with van der Waals surface area (Å²) in [5.74, 6) is 0.628. The first-order valence-electron chi connectivity index (χ1n) is 6.69. The fourth-order valence-electron chi connectivity index (χ4n) is 2.83. The first kappa shape index (κ1) is 11.9. The Morgan fingerprint density at radius 2 is 1.88 bits per heavy atom. The highest BCUT2D eigenvalue weighted by Crippen LogP contribution is 2.34. The predicted octanol–water partition coefficient (Wildman–Crippen LogP) is 2.41. The number of hydrogen-bond acceptors (Lipinski definition) is 2. The van der Waals surface area contributed by atoms with Gasteiger partial charge in [-0.05, 0) is 50.4 Å². The van der Waals surface area contributed by atoms with E-state index in [2.05, 4.69) is 12.2 Å². The molecular weight excluding hydrogens is 202 g/mol. The normalized spacial score (nSPS) is 32.3. The Kier molecular flexibility index (Phi) is 3.85. The van der Waals surface area contributed by atoms with E-state index >= 15 is 0 Å². The van der Waals surface area contributed by atoms with E-state index in [0.29, 0.717) is 12.0 Å². The molecule has 2 N–H and O–H groups in total. The van der Waals surface area contributed by atoms with E-state index in [-0.39, 0.29) is 6.04 Å². The number of carbonyl (C=O) groups is 1. The van der Waals surface area contributed by atoms with E-state index < -0.39 is 5.97 Å². The van der Waals surface area contributed by atoms with Gasteiger partial charge in [0.05, 0.1) is 0 Å². The lowest BCUT2D eigenvalue weighted by molar-refractivity contribution is -0.140. The van der Waals surface area contributed by atoms with Crippen LogP contribution < -0.4 is 5.32 Å². The van der Waals surface area contributed by atoms with Gasteiger partial charge in [-0.25, -0.2) is 0 Å². The topological polar surface area (TPSA) is 49.3 Å². The molecule has 3 nitrogen and oxygen atoms in total. The molecule has 1 unspecified atom stereocenters. The Morgan fingerprint density at radius 3 is 2.31 bits per heavy atom. The number of hydrogen-bond donors (Lipinski definition) is 2. The Labute approximate surface area is 97.6 Å². The van der Waals surface area contributed by atoms with Gasteiger partial charge in [0.1, 0.15) is 6.04 Å². The summed E-state index contributed by atoms with van der Waals surface area (Å²) in [7, 11) is 0. The highest BCUT2D eigenvalue weighted by atomic mass is 16.4. The highest BCUT2D eigenvalue weighted by molar-refractivity contribution is 5.74. The summed E-state index contributed by atoms with van der Waals surface area (Å²) < 4.78 is 0. The van der Waals surface area contributed by atoms with E-state index in [9.17, 15) is 4.79 Å². The van der Waals surface area contributed by atoms with Gasteiger partial charge in [0, 0.05) is 6.04 Å². The van der Waals surface area contributed by atoms with E-state index in [4.69, 9.17) is 5.11 Å². The number of aliphatic carboxylic acids is 1. The smallest absolute Gasteiger partial charge is 0.320 e. The van der Waals surface area contributed by atoms with Gasteiger partial charge in [-0.1, -0.05) is 13.3 Å². The van der Waals surface area contributed by atoms with E-state index in [1.165, 1.54) is 19.3 Å². The van der Waals surface area contributed by atoms with Crippen LogP contribution in [-0.4, -0.2) is 23.2 Å². The maximum atomic E-state index is 11.1. The Balaban J connectivity index is 1.78. The minimum atomic E-state index is -0.653. The van der Waals surface area contributed by atoms with Crippen molar-refractivity contribution in [3.63, 3.8) is 0 Å². The van der Waals surface area contributed by atoms with Crippen LogP contribution in [0.25, 0.3) is 0 Å². The minimum Gasteiger partial charge on any atom is -0.480 e. The van der Waals surface area contributed by atoms with E-state index in [0.717, 1.165) is 31.6 Å². The molecule has 0 amide bonds. The number of nitrogens with one attached hydrogen (secondary N) is 1. The number of carboxylic acids is 1. The standard InChI is InChI=1S/C13H23NO2/c1-2-9-3-7-11(8-4-9)14-12(13(15)16)10-5-6-10/h9-12,14H,2-8H2,1H3,(H,15,16). The van der Waals surface area contributed by atoms with Gasteiger partial charge < -0.3 is 10.4 Å². The number of rotatable bonds is 5. The summed E-state index contributed by atoms with van der Waals surface area (Å²) in [5.41, 5.74) is 0. The Bertz CT molecular complexity index is 242. The number of carboxylic acid groups (broad SMARTS) is 1. The molecule has 92 valence electrons. The average molecular weight is 225 g/mol. The third-order valence-electron chi connectivity index (χ3n) is 4.20. The van der Waals surface area contributed by atoms with Gasteiger partial charge in [0.2, 0.25) is 0 Å². The molecule has 1 atom stereocenters. The molecule has 0 saturated heterocycles. The van der Waals surface area contributed by atoms with Gasteiger partial charge in [0.15, 0.2) is 0 Å². The largest absolute Gasteiger partial charge is 0.480 e. The first-order valence-corrected chi connectivity index (χ1v) is 6.69. The molecule has 0 bridgehead atoms. The lowest BCUT2D eigenvalue weighted by Gasteiger charge is -2.30. The van der Waals surface area contributed by atoms with Gasteiger partial charge in [-0.15, -0.1) is 0 Å². The fraction of sp³-hybridized carbons (Fsp3) is 0.923. The zero-order chi connectivity index (χ0) is 11.5. The second-order valence-corrected chi connectivity index (χ2v) is 5.45. The van der Waals surface area contributed by atoms with Crippen molar-refractivity contribution in [3.8, 4) is 0 Å². The van der Waals surface area contributed by atoms with Gasteiger partial charge in [0.25, 0.3) is 0 Å². The van der Waals surface area contributed by atoms with Gasteiger partial charge in [-0.2, -0.15) is 0 Å². The van der Waals surface area contributed by atoms with Crippen LogP contribution in [0.4, 0.5) is 0 Å². The molecule has 0 aromatic carbocycles. The molecule has 0 aromatic rings. The zero-order valence-corrected chi connectivity index (χ0v) is 10.1. The molecule has 0 spiro atoms. The molecular formula is C13H23NO2. The quantitative estimate of drug-likeness (QED) is 0.755. The lowest BCUT2D eigenvalue weighted by atomic mass is 9.84. The molecule has 0 heterocycles. The second kappa shape index (κ2) is 5.17. The maximum Gasteiger partial charge on any atom is 0.320 e. The highest BCUT2D eigenvalue weighted by Gasteiger charge is 2.37. The molecule has 16 heavy (non-hydrogen) atoms. The van der Waals surface area contributed by atoms with Crippen LogP contribution >= 0.6 is 0 Å². The van der Waals surface area contributed by atoms with Crippen molar-refractivity contribution in [1.29, 1.82) is 0 Å².